The van der Waals surface area contributed by atoms with E-state index in [-0.39, 0.29) is 12.9 Å². The second-order valence-electron chi connectivity index (χ2n) is 7.16. The number of hydrogen-bond donors (Lipinski definition) is 3. The maximum absolute atomic E-state index is 11.5. The Labute approximate surface area is 172 Å². The summed E-state index contributed by atoms with van der Waals surface area (Å²) >= 11 is 0. The van der Waals surface area contributed by atoms with Crippen molar-refractivity contribution in [2.45, 2.75) is 44.2 Å². The van der Waals surface area contributed by atoms with Crippen LogP contribution >= 0.6 is 0 Å². The van der Waals surface area contributed by atoms with Gasteiger partial charge in [-0.2, -0.15) is 0 Å². The molecule has 0 unspecified atom stereocenters. The predicted molar refractivity (Wildman–Crippen MR) is 112 cm³/mol. The highest BCUT2D eigenvalue weighted by atomic mass is 32.2. The van der Waals surface area contributed by atoms with Crippen molar-refractivity contribution in [2.24, 2.45) is 0 Å². The molecule has 164 valence electrons. The van der Waals surface area contributed by atoms with Gasteiger partial charge in [-0.1, -0.05) is 30.3 Å². The molecular formula is C20H32N2O6S. The van der Waals surface area contributed by atoms with Crippen molar-refractivity contribution in [2.75, 3.05) is 31.1 Å². The molecule has 3 N–H and O–H groups in total. The lowest BCUT2D eigenvalue weighted by molar-refractivity contribution is -0.123. The van der Waals surface area contributed by atoms with E-state index in [1.54, 1.807) is 0 Å². The Morgan fingerprint density at radius 3 is 1.93 bits per heavy atom. The van der Waals surface area contributed by atoms with Gasteiger partial charge in [0.15, 0.2) is 0 Å². The van der Waals surface area contributed by atoms with Crippen molar-refractivity contribution in [1.29, 1.82) is 0 Å². The van der Waals surface area contributed by atoms with Crippen LogP contribution in [0.1, 0.15) is 31.2 Å². The molecule has 0 amide bonds. The summed E-state index contributed by atoms with van der Waals surface area (Å²) in [6.07, 6.45) is 5.06. The second kappa shape index (κ2) is 14.1. The molecule has 0 saturated carbocycles. The number of hydrogen-bond acceptors (Lipinski definition) is 6. The molecule has 0 atom stereocenters. The molecule has 0 aromatic heterocycles. The van der Waals surface area contributed by atoms with E-state index in [1.807, 2.05) is 0 Å². The molecule has 29 heavy (non-hydrogen) atoms. The normalized spacial score (nSPS) is 19.7. The number of carboxylic acid groups (broad SMARTS) is 2. The number of likely N-dealkylation sites (tertiary alicyclic amines) is 1. The third-order valence-corrected chi connectivity index (χ3v) is 6.89. The average Bonchev–Trinajstić information content (AvgIpc) is 2.71. The van der Waals surface area contributed by atoms with Crippen LogP contribution < -0.4 is 5.32 Å². The molecule has 0 radical (unpaired) electrons. The van der Waals surface area contributed by atoms with Crippen LogP contribution in [0.3, 0.4) is 0 Å². The summed E-state index contributed by atoms with van der Waals surface area (Å²) in [5.74, 6) is 0.723. The molecule has 0 spiro atoms. The number of nitrogens with zero attached hydrogens (tertiary/aromatic N) is 1. The molecule has 2 aliphatic rings. The van der Waals surface area contributed by atoms with E-state index in [0.717, 1.165) is 38.9 Å². The van der Waals surface area contributed by atoms with Crippen molar-refractivity contribution < 1.29 is 28.2 Å². The molecule has 2 aliphatic heterocycles. The zero-order chi connectivity index (χ0) is 21.5. The molecule has 1 aromatic rings. The van der Waals surface area contributed by atoms with E-state index in [4.69, 9.17) is 19.8 Å². The van der Waals surface area contributed by atoms with Crippen molar-refractivity contribution in [3.05, 3.63) is 35.9 Å². The van der Waals surface area contributed by atoms with Crippen LogP contribution in [0.25, 0.3) is 0 Å². The van der Waals surface area contributed by atoms with Crippen molar-refractivity contribution in [3.8, 4) is 0 Å². The monoisotopic (exact) mass is 428 g/mol. The Hall–Kier alpha value is -1.97. The van der Waals surface area contributed by atoms with Crippen LogP contribution in [-0.4, -0.2) is 79.7 Å². The Morgan fingerprint density at radius 2 is 1.41 bits per heavy atom. The number of piperidine rings is 1. The molecule has 2 fully saturated rings. The van der Waals surface area contributed by atoms with E-state index >= 15 is 0 Å². The lowest BCUT2D eigenvalue weighted by atomic mass is 10.0. The van der Waals surface area contributed by atoms with Gasteiger partial charge in [-0.3, -0.25) is 9.59 Å². The summed E-state index contributed by atoms with van der Waals surface area (Å²) in [6, 6.07) is 11.6. The van der Waals surface area contributed by atoms with Gasteiger partial charge in [-0.15, -0.1) is 0 Å². The first kappa shape index (κ1) is 25.1. The first-order valence-corrected chi connectivity index (χ1v) is 11.6. The van der Waals surface area contributed by atoms with Crippen LogP contribution in [0.2, 0.25) is 0 Å². The van der Waals surface area contributed by atoms with Crippen LogP contribution in [-0.2, 0) is 25.8 Å². The van der Waals surface area contributed by atoms with Gasteiger partial charge in [0.05, 0.1) is 11.5 Å². The fourth-order valence-corrected chi connectivity index (χ4v) is 5.14. The minimum atomic E-state index is -2.75. The molecular weight excluding hydrogens is 396 g/mol. The summed E-state index contributed by atoms with van der Waals surface area (Å²) in [5.41, 5.74) is 1.41. The van der Waals surface area contributed by atoms with E-state index in [9.17, 15) is 8.42 Å². The highest BCUT2D eigenvalue weighted by Gasteiger charge is 2.26. The van der Waals surface area contributed by atoms with Gasteiger partial charge < -0.3 is 20.4 Å². The molecule has 1 aromatic carbocycles. The van der Waals surface area contributed by atoms with Crippen LogP contribution in [0, 0.1) is 0 Å². The Bertz CT molecular complexity index is 655. The number of sulfone groups is 1. The Balaban J connectivity index is 0.000000626. The molecule has 2 saturated heterocycles. The first-order chi connectivity index (χ1) is 13.9. The van der Waals surface area contributed by atoms with E-state index in [1.165, 1.54) is 18.4 Å². The van der Waals surface area contributed by atoms with Gasteiger partial charge in [0.25, 0.3) is 12.9 Å². The SMILES string of the molecule is O=CO.O=CO.O=S1(=O)CCC(NC2CCN(CCc3ccccc3)CC2)CC1. The number of nitrogens with one attached hydrogen (secondary N) is 1. The van der Waals surface area contributed by atoms with Gasteiger partial charge in [-0.05, 0) is 50.8 Å². The quantitative estimate of drug-likeness (QED) is 0.599. The van der Waals surface area contributed by atoms with Crippen LogP contribution in [0.5, 0.6) is 0 Å². The average molecular weight is 429 g/mol. The van der Waals surface area contributed by atoms with Gasteiger partial charge >= 0.3 is 0 Å². The second-order valence-corrected chi connectivity index (χ2v) is 9.46. The Morgan fingerprint density at radius 1 is 0.931 bits per heavy atom. The molecule has 8 nitrogen and oxygen atoms in total. The maximum Gasteiger partial charge on any atom is 0.290 e. The number of rotatable bonds is 5. The van der Waals surface area contributed by atoms with Crippen molar-refractivity contribution >= 4 is 22.8 Å². The predicted octanol–water partition coefficient (Wildman–Crippen LogP) is 1.26. The zero-order valence-electron chi connectivity index (χ0n) is 16.7. The van der Waals surface area contributed by atoms with Crippen LogP contribution in [0.15, 0.2) is 30.3 Å². The van der Waals surface area contributed by atoms with E-state index in [2.05, 4.69) is 40.5 Å². The summed E-state index contributed by atoms with van der Waals surface area (Å²) < 4.78 is 23.0. The standard InChI is InChI=1S/C18H28N2O2S.2CH2O2/c21-23(22)14-9-18(10-15-23)19-17-7-12-20(13-8-17)11-6-16-4-2-1-3-5-16;2*2-1-3/h1-5,17-19H,6-15H2;2*1H,(H,2,3). The number of benzene rings is 1. The summed E-state index contributed by atoms with van der Waals surface area (Å²) in [6.45, 7) is 2.93. The molecule has 9 heteroatoms. The highest BCUT2D eigenvalue weighted by Crippen LogP contribution is 2.17. The Kier molecular flexibility index (Phi) is 12.2. The molecule has 0 aliphatic carbocycles. The lowest BCUT2D eigenvalue weighted by Gasteiger charge is -2.35. The van der Waals surface area contributed by atoms with E-state index in [0.29, 0.717) is 23.6 Å². The maximum atomic E-state index is 11.5. The fourth-order valence-electron chi connectivity index (χ4n) is 3.65. The molecule has 3 rings (SSSR count). The summed E-state index contributed by atoms with van der Waals surface area (Å²) in [4.78, 5) is 19.3. The zero-order valence-corrected chi connectivity index (χ0v) is 17.5. The largest absolute Gasteiger partial charge is 0.483 e. The van der Waals surface area contributed by atoms with Gasteiger partial charge in [-0.25, -0.2) is 8.42 Å². The van der Waals surface area contributed by atoms with Crippen molar-refractivity contribution in [1.82, 2.24) is 10.2 Å². The summed E-state index contributed by atoms with van der Waals surface area (Å²) in [5, 5.41) is 17.5. The minimum absolute atomic E-state index is 0.250. The molecule has 2 heterocycles. The lowest BCUT2D eigenvalue weighted by Crippen LogP contribution is -2.48. The van der Waals surface area contributed by atoms with Gasteiger partial charge in [0.1, 0.15) is 9.84 Å². The molecule has 0 bridgehead atoms. The van der Waals surface area contributed by atoms with Crippen molar-refractivity contribution in [3.63, 3.8) is 0 Å². The fraction of sp³-hybridized carbons (Fsp3) is 0.600. The van der Waals surface area contributed by atoms with Gasteiger partial charge in [0, 0.05) is 18.6 Å². The number of carbonyl (C=O) groups is 2. The smallest absolute Gasteiger partial charge is 0.290 e. The third kappa shape index (κ3) is 11.0. The van der Waals surface area contributed by atoms with E-state index < -0.39 is 9.84 Å². The minimum Gasteiger partial charge on any atom is -0.483 e. The van der Waals surface area contributed by atoms with Gasteiger partial charge in [0.2, 0.25) is 0 Å². The topological polar surface area (TPSA) is 124 Å². The first-order valence-electron chi connectivity index (χ1n) is 9.82. The third-order valence-electron chi connectivity index (χ3n) is 5.17. The highest BCUT2D eigenvalue weighted by molar-refractivity contribution is 7.91. The van der Waals surface area contributed by atoms with Crippen LogP contribution in [0.4, 0.5) is 0 Å². The summed E-state index contributed by atoms with van der Waals surface area (Å²) in [7, 11) is -2.75.